The average Bonchev–Trinajstić information content (AvgIpc) is 2.71. The molecule has 0 radical (unpaired) electrons. The Bertz CT molecular complexity index is 282. The van der Waals surface area contributed by atoms with E-state index in [1.165, 1.54) is 0 Å². The lowest BCUT2D eigenvalue weighted by Gasteiger charge is -2.04. The molecule has 1 aliphatic heterocycles. The zero-order valence-electron chi connectivity index (χ0n) is 7.79. The largest absolute Gasteiger partial charge is 0.466 e. The third-order valence-corrected chi connectivity index (χ3v) is 2.61. The molecule has 1 saturated heterocycles. The van der Waals surface area contributed by atoms with Crippen LogP contribution < -0.4 is 5.32 Å². The van der Waals surface area contributed by atoms with Crippen LogP contribution in [0.1, 0.15) is 23.9 Å². The minimum absolute atomic E-state index is 0.218. The van der Waals surface area contributed by atoms with E-state index < -0.39 is 0 Å². The molecule has 13 heavy (non-hydrogen) atoms. The summed E-state index contributed by atoms with van der Waals surface area (Å²) in [7, 11) is 0. The second-order valence-electron chi connectivity index (χ2n) is 3.67. The molecule has 72 valence electrons. The van der Waals surface area contributed by atoms with Gasteiger partial charge in [0.2, 0.25) is 0 Å². The van der Waals surface area contributed by atoms with Gasteiger partial charge in [0.25, 0.3) is 0 Å². The highest BCUT2D eigenvalue weighted by Crippen LogP contribution is 2.26. The van der Waals surface area contributed by atoms with E-state index in [4.69, 9.17) is 9.52 Å². The summed E-state index contributed by atoms with van der Waals surface area (Å²) in [6.45, 7) is 3.09. The maximum atomic E-state index is 8.94. The number of nitrogens with one attached hydrogen (secondary N) is 1. The van der Waals surface area contributed by atoms with Crippen molar-refractivity contribution in [2.45, 2.75) is 25.3 Å². The topological polar surface area (TPSA) is 45.4 Å². The predicted molar refractivity (Wildman–Crippen MR) is 49.7 cm³/mol. The molecule has 2 rings (SSSR count). The van der Waals surface area contributed by atoms with Crippen LogP contribution in [-0.4, -0.2) is 24.3 Å². The summed E-state index contributed by atoms with van der Waals surface area (Å²) in [6, 6.07) is 4.26. The molecule has 3 nitrogen and oxygen atoms in total. The van der Waals surface area contributed by atoms with E-state index in [0.29, 0.717) is 5.92 Å². The number of hydrogen-bond donors (Lipinski definition) is 2. The molecule has 1 aromatic heterocycles. The highest BCUT2D eigenvalue weighted by molar-refractivity contribution is 5.13. The molecule has 0 amide bonds. The van der Waals surface area contributed by atoms with Gasteiger partial charge < -0.3 is 14.8 Å². The smallest absolute Gasteiger partial charge is 0.108 e. The maximum Gasteiger partial charge on any atom is 0.108 e. The van der Waals surface area contributed by atoms with Crippen LogP contribution in [-0.2, 0) is 0 Å². The van der Waals surface area contributed by atoms with Gasteiger partial charge in [0.05, 0.1) is 6.61 Å². The van der Waals surface area contributed by atoms with Crippen LogP contribution in [0.25, 0.3) is 0 Å². The maximum absolute atomic E-state index is 8.94. The first-order valence-corrected chi connectivity index (χ1v) is 4.70. The summed E-state index contributed by atoms with van der Waals surface area (Å²) in [5.74, 6) is 2.44. The molecule has 0 aromatic carbocycles. The summed E-state index contributed by atoms with van der Waals surface area (Å²) in [4.78, 5) is 0. The molecule has 1 fully saturated rings. The Morgan fingerprint density at radius 2 is 2.46 bits per heavy atom. The third-order valence-electron chi connectivity index (χ3n) is 2.61. The first-order valence-electron chi connectivity index (χ1n) is 4.70. The van der Waals surface area contributed by atoms with Crippen molar-refractivity contribution in [2.75, 3.05) is 13.2 Å². The minimum atomic E-state index is 0.218. The second kappa shape index (κ2) is 3.52. The van der Waals surface area contributed by atoms with E-state index in [-0.39, 0.29) is 12.6 Å². The van der Waals surface area contributed by atoms with Crippen molar-refractivity contribution >= 4 is 0 Å². The van der Waals surface area contributed by atoms with E-state index >= 15 is 0 Å². The van der Waals surface area contributed by atoms with Gasteiger partial charge in [0.15, 0.2) is 0 Å². The van der Waals surface area contributed by atoms with Crippen molar-refractivity contribution < 1.29 is 9.52 Å². The van der Waals surface area contributed by atoms with Crippen molar-refractivity contribution in [1.82, 2.24) is 5.32 Å². The fraction of sp³-hybridized carbons (Fsp3) is 0.600. The van der Waals surface area contributed by atoms with Gasteiger partial charge in [0.1, 0.15) is 11.5 Å². The van der Waals surface area contributed by atoms with Crippen LogP contribution >= 0.6 is 0 Å². The summed E-state index contributed by atoms with van der Waals surface area (Å²) >= 11 is 0. The standard InChI is InChI=1S/C10H15NO2/c1-7-2-3-10(13-7)8-4-9(6-12)11-5-8/h2-3,8-9,11-12H,4-6H2,1H3. The van der Waals surface area contributed by atoms with E-state index in [1.807, 2.05) is 19.1 Å². The van der Waals surface area contributed by atoms with Crippen molar-refractivity contribution in [2.24, 2.45) is 0 Å². The average molecular weight is 181 g/mol. The Balaban J connectivity index is 2.03. The van der Waals surface area contributed by atoms with Gasteiger partial charge in [-0.1, -0.05) is 0 Å². The molecule has 0 aliphatic carbocycles. The molecule has 1 aromatic rings. The van der Waals surface area contributed by atoms with E-state index in [9.17, 15) is 0 Å². The first-order chi connectivity index (χ1) is 6.29. The lowest BCUT2D eigenvalue weighted by molar-refractivity contribution is 0.254. The van der Waals surface area contributed by atoms with E-state index in [2.05, 4.69) is 5.32 Å². The Kier molecular flexibility index (Phi) is 2.38. The van der Waals surface area contributed by atoms with Crippen LogP contribution in [0, 0.1) is 6.92 Å². The Labute approximate surface area is 77.8 Å². The Hall–Kier alpha value is -0.800. The number of aliphatic hydroxyl groups excluding tert-OH is 1. The Morgan fingerprint density at radius 1 is 1.62 bits per heavy atom. The zero-order chi connectivity index (χ0) is 9.26. The van der Waals surface area contributed by atoms with E-state index in [0.717, 1.165) is 24.5 Å². The number of furan rings is 1. The quantitative estimate of drug-likeness (QED) is 0.716. The summed E-state index contributed by atoms with van der Waals surface area (Å²) in [6.07, 6.45) is 0.976. The van der Waals surface area contributed by atoms with Gasteiger partial charge in [-0.25, -0.2) is 0 Å². The normalized spacial score (nSPS) is 28.2. The van der Waals surface area contributed by atoms with Gasteiger partial charge in [-0.2, -0.15) is 0 Å². The number of rotatable bonds is 2. The number of aryl methyl sites for hydroxylation is 1. The van der Waals surface area contributed by atoms with Crippen LogP contribution in [0.15, 0.2) is 16.5 Å². The van der Waals surface area contributed by atoms with Crippen molar-refractivity contribution in [1.29, 1.82) is 0 Å². The van der Waals surface area contributed by atoms with Crippen molar-refractivity contribution in [3.63, 3.8) is 0 Å². The molecular formula is C10H15NO2. The van der Waals surface area contributed by atoms with Gasteiger partial charge in [-0.3, -0.25) is 0 Å². The second-order valence-corrected chi connectivity index (χ2v) is 3.67. The molecule has 0 spiro atoms. The minimum Gasteiger partial charge on any atom is -0.466 e. The van der Waals surface area contributed by atoms with Crippen LogP contribution in [0.4, 0.5) is 0 Å². The first kappa shape index (κ1) is 8.78. The molecule has 0 bridgehead atoms. The molecule has 2 N–H and O–H groups in total. The lowest BCUT2D eigenvalue weighted by Crippen LogP contribution is -2.24. The summed E-state index contributed by atoms with van der Waals surface area (Å²) < 4.78 is 5.54. The molecule has 2 heterocycles. The van der Waals surface area contributed by atoms with Crippen molar-refractivity contribution in [3.05, 3.63) is 23.7 Å². The molecule has 2 atom stereocenters. The van der Waals surface area contributed by atoms with Gasteiger partial charge >= 0.3 is 0 Å². The molecular weight excluding hydrogens is 166 g/mol. The fourth-order valence-electron chi connectivity index (χ4n) is 1.85. The lowest BCUT2D eigenvalue weighted by atomic mass is 10.0. The highest BCUT2D eigenvalue weighted by atomic mass is 16.3. The fourth-order valence-corrected chi connectivity index (χ4v) is 1.85. The number of hydrogen-bond acceptors (Lipinski definition) is 3. The van der Waals surface area contributed by atoms with Crippen LogP contribution in [0.2, 0.25) is 0 Å². The van der Waals surface area contributed by atoms with Gasteiger partial charge in [-0.15, -0.1) is 0 Å². The molecule has 3 heteroatoms. The molecule has 2 unspecified atom stereocenters. The zero-order valence-corrected chi connectivity index (χ0v) is 7.79. The monoisotopic (exact) mass is 181 g/mol. The highest BCUT2D eigenvalue weighted by Gasteiger charge is 2.26. The molecule has 1 aliphatic rings. The van der Waals surface area contributed by atoms with Crippen LogP contribution in [0.5, 0.6) is 0 Å². The Morgan fingerprint density at radius 3 is 3.00 bits per heavy atom. The SMILES string of the molecule is Cc1ccc(C2CNC(CO)C2)o1. The predicted octanol–water partition coefficient (Wildman–Crippen LogP) is 1.03. The van der Waals surface area contributed by atoms with Crippen molar-refractivity contribution in [3.8, 4) is 0 Å². The number of aliphatic hydroxyl groups is 1. The summed E-state index contributed by atoms with van der Waals surface area (Å²) in [5, 5.41) is 12.2. The third kappa shape index (κ3) is 1.76. The molecule has 0 saturated carbocycles. The van der Waals surface area contributed by atoms with Crippen LogP contribution in [0.3, 0.4) is 0 Å². The van der Waals surface area contributed by atoms with Gasteiger partial charge in [0, 0.05) is 18.5 Å². The summed E-state index contributed by atoms with van der Waals surface area (Å²) in [5.41, 5.74) is 0. The van der Waals surface area contributed by atoms with Gasteiger partial charge in [-0.05, 0) is 25.5 Å². The van der Waals surface area contributed by atoms with E-state index in [1.54, 1.807) is 0 Å².